The molecule has 1 unspecified atom stereocenters. The summed E-state index contributed by atoms with van der Waals surface area (Å²) in [5, 5.41) is 21.0. The van der Waals surface area contributed by atoms with E-state index >= 15 is 0 Å². The van der Waals surface area contributed by atoms with Crippen molar-refractivity contribution in [2.75, 3.05) is 19.0 Å². The second-order valence-corrected chi connectivity index (χ2v) is 16.0. The second kappa shape index (κ2) is 15.2. The molecule has 54 heavy (non-hydrogen) atoms. The molecule has 0 spiro atoms. The van der Waals surface area contributed by atoms with Crippen LogP contribution in [0.15, 0.2) is 42.3 Å². The molecule has 1 aromatic carbocycles. The number of nitrogens with one attached hydrogen (secondary N) is 3. The predicted molar refractivity (Wildman–Crippen MR) is 200 cm³/mol. The van der Waals surface area contributed by atoms with E-state index in [1.54, 1.807) is 57.5 Å². The Hall–Kier alpha value is -5.25. The van der Waals surface area contributed by atoms with E-state index in [0.717, 1.165) is 25.7 Å². The molecule has 15 nitrogen and oxygen atoms in total. The van der Waals surface area contributed by atoms with E-state index in [-0.39, 0.29) is 31.4 Å². The smallest absolute Gasteiger partial charge is 0.408 e. The van der Waals surface area contributed by atoms with Gasteiger partial charge in [-0.1, -0.05) is 26.8 Å². The monoisotopic (exact) mass is 762 g/mol. The number of alkyl carbamates (subject to hydrolysis) is 1. The van der Waals surface area contributed by atoms with Crippen molar-refractivity contribution in [2.24, 2.45) is 11.3 Å². The molecule has 6 rings (SSSR count). The maximum atomic E-state index is 14.5. The molecule has 3 fully saturated rings. The van der Waals surface area contributed by atoms with Crippen LogP contribution in [0.25, 0.3) is 22.3 Å². The molecule has 1 saturated heterocycles. The average Bonchev–Trinajstić information content (AvgIpc) is 3.53. The standard InChI is InChI=1S/C38H46N6O9S/c1-7-21-17-38(21,34(48)49)43-32(46)29-15-24(18-44(29)33(47)31(37(3,4)5)42-36(50)53-22-10-8-9-11-22)52-30-16-27(28-19-54-35(41-28)39-20(2)45)40-26-14-23(51-6)12-13-25(26)30/h7,12-14,16,19,21-22,24,29,31H,1,8-11,15,17-18H2,2-6H3,(H,42,50)(H,43,46)(H,48,49)(H,39,41,45)/t21-,24+,29-,31?,38-/m0/s1. The highest BCUT2D eigenvalue weighted by atomic mass is 32.1. The summed E-state index contributed by atoms with van der Waals surface area (Å²) in [6.45, 7) is 10.5. The highest BCUT2D eigenvalue weighted by molar-refractivity contribution is 7.14. The molecule has 288 valence electrons. The summed E-state index contributed by atoms with van der Waals surface area (Å²) < 4.78 is 17.7. The molecule has 0 bridgehead atoms. The first-order valence-corrected chi connectivity index (χ1v) is 18.8. The minimum absolute atomic E-state index is 0.0219. The van der Waals surface area contributed by atoms with Crippen molar-refractivity contribution in [1.82, 2.24) is 25.5 Å². The van der Waals surface area contributed by atoms with Crippen LogP contribution in [0.5, 0.6) is 11.5 Å². The van der Waals surface area contributed by atoms with Crippen LogP contribution < -0.4 is 25.4 Å². The van der Waals surface area contributed by atoms with E-state index < -0.39 is 58.9 Å². The lowest BCUT2D eigenvalue weighted by Gasteiger charge is -2.35. The Morgan fingerprint density at radius 2 is 1.83 bits per heavy atom. The van der Waals surface area contributed by atoms with Gasteiger partial charge in [0.2, 0.25) is 17.7 Å². The molecule has 2 aromatic heterocycles. The summed E-state index contributed by atoms with van der Waals surface area (Å²) in [4.78, 5) is 76.3. The summed E-state index contributed by atoms with van der Waals surface area (Å²) in [7, 11) is 1.54. The van der Waals surface area contributed by atoms with Crippen molar-refractivity contribution >= 4 is 57.2 Å². The Morgan fingerprint density at radius 3 is 2.46 bits per heavy atom. The number of thiazole rings is 1. The van der Waals surface area contributed by atoms with Gasteiger partial charge >= 0.3 is 12.1 Å². The maximum absolute atomic E-state index is 14.5. The zero-order valence-corrected chi connectivity index (χ0v) is 31.8. The number of methoxy groups -OCH3 is 1. The Kier molecular flexibility index (Phi) is 10.9. The van der Waals surface area contributed by atoms with Crippen molar-refractivity contribution < 1.29 is 43.3 Å². The molecule has 3 heterocycles. The van der Waals surface area contributed by atoms with E-state index in [4.69, 9.17) is 19.2 Å². The number of rotatable bonds is 12. The minimum Gasteiger partial charge on any atom is -0.497 e. The van der Waals surface area contributed by atoms with Crippen LogP contribution in [0, 0.1) is 11.3 Å². The normalized spacial score (nSPS) is 23.0. The summed E-state index contributed by atoms with van der Waals surface area (Å²) in [5.41, 5.74) is -0.858. The topological polar surface area (TPSA) is 198 Å². The quantitative estimate of drug-likeness (QED) is 0.183. The zero-order chi connectivity index (χ0) is 38.9. The number of aliphatic carboxylic acids is 1. The number of pyridine rings is 1. The molecular formula is C38H46N6O9S. The van der Waals surface area contributed by atoms with Crippen LogP contribution in [0.2, 0.25) is 0 Å². The number of amides is 4. The number of anilines is 1. The lowest BCUT2D eigenvalue weighted by molar-refractivity contribution is -0.146. The van der Waals surface area contributed by atoms with Crippen molar-refractivity contribution in [3.8, 4) is 22.9 Å². The average molecular weight is 763 g/mol. The minimum atomic E-state index is -1.53. The van der Waals surface area contributed by atoms with Gasteiger partial charge in [-0.15, -0.1) is 17.9 Å². The van der Waals surface area contributed by atoms with Crippen molar-refractivity contribution in [2.45, 2.75) is 96.1 Å². The first-order chi connectivity index (χ1) is 25.6. The second-order valence-electron chi connectivity index (χ2n) is 15.2. The van der Waals surface area contributed by atoms with Crippen LogP contribution in [0.4, 0.5) is 9.93 Å². The Labute approximate surface area is 316 Å². The van der Waals surface area contributed by atoms with Crippen molar-refractivity contribution in [1.29, 1.82) is 0 Å². The molecular weight excluding hydrogens is 717 g/mol. The number of carbonyl (C=O) groups excluding carboxylic acids is 4. The predicted octanol–water partition coefficient (Wildman–Crippen LogP) is 4.90. The number of ether oxygens (including phenoxy) is 3. The number of aromatic nitrogens is 2. The Morgan fingerprint density at radius 1 is 1.09 bits per heavy atom. The van der Waals surface area contributed by atoms with Gasteiger partial charge in [0.05, 0.1) is 24.9 Å². The Bertz CT molecular complexity index is 1970. The molecule has 0 radical (unpaired) electrons. The molecule has 2 saturated carbocycles. The number of hydrogen-bond donors (Lipinski definition) is 4. The highest BCUT2D eigenvalue weighted by Gasteiger charge is 2.61. The SMILES string of the molecule is C=C[C@H]1C[C@@]1(NC(=O)[C@@H]1C[C@@H](Oc2cc(-c3csc(NC(C)=O)n3)nc3cc(OC)ccc23)CN1C(=O)C(NC(=O)OC1CCCC1)C(C)(C)C)C(=O)O. The summed E-state index contributed by atoms with van der Waals surface area (Å²) in [5.74, 6) is -2.16. The zero-order valence-electron chi connectivity index (χ0n) is 31.0. The third-order valence-electron chi connectivity index (χ3n) is 10.1. The molecule has 5 atom stereocenters. The summed E-state index contributed by atoms with van der Waals surface area (Å²) in [6, 6.07) is 4.79. The van der Waals surface area contributed by atoms with Crippen LogP contribution >= 0.6 is 11.3 Å². The van der Waals surface area contributed by atoms with Crippen molar-refractivity contribution in [3.63, 3.8) is 0 Å². The van der Waals surface area contributed by atoms with Gasteiger partial charge < -0.3 is 40.2 Å². The van der Waals surface area contributed by atoms with Gasteiger partial charge in [-0.3, -0.25) is 14.4 Å². The van der Waals surface area contributed by atoms with Gasteiger partial charge in [-0.25, -0.2) is 19.6 Å². The fourth-order valence-electron chi connectivity index (χ4n) is 7.13. The number of carboxylic acids is 1. The lowest BCUT2D eigenvalue weighted by atomic mass is 9.85. The lowest BCUT2D eigenvalue weighted by Crippen LogP contribution is -2.59. The fraction of sp³-hybridized carbons (Fsp3) is 0.500. The number of nitrogens with zero attached hydrogens (tertiary/aromatic N) is 3. The molecule has 2 aliphatic carbocycles. The molecule has 16 heteroatoms. The fourth-order valence-corrected chi connectivity index (χ4v) is 7.88. The van der Waals surface area contributed by atoms with Crippen LogP contribution in [0.1, 0.15) is 66.2 Å². The molecule has 4 N–H and O–H groups in total. The van der Waals surface area contributed by atoms with Gasteiger partial charge in [0.15, 0.2) is 5.13 Å². The number of carboxylic acid groups (broad SMARTS) is 1. The Balaban J connectivity index is 1.33. The first-order valence-electron chi connectivity index (χ1n) is 18.0. The van der Waals surface area contributed by atoms with Crippen LogP contribution in [0.3, 0.4) is 0 Å². The third kappa shape index (κ3) is 8.12. The van der Waals surface area contributed by atoms with E-state index in [1.807, 2.05) is 0 Å². The number of carbonyl (C=O) groups is 5. The first kappa shape index (κ1) is 38.5. The van der Waals surface area contributed by atoms with Crippen molar-refractivity contribution in [3.05, 3.63) is 42.3 Å². The van der Waals surface area contributed by atoms with Gasteiger partial charge in [-0.05, 0) is 49.7 Å². The summed E-state index contributed by atoms with van der Waals surface area (Å²) in [6.07, 6.45) is 3.43. The molecule has 4 amide bonds. The molecule has 1 aliphatic heterocycles. The van der Waals surface area contributed by atoms with Gasteiger partial charge in [0.25, 0.3) is 0 Å². The largest absolute Gasteiger partial charge is 0.497 e. The van der Waals surface area contributed by atoms with E-state index in [2.05, 4.69) is 27.5 Å². The molecule has 3 aromatic rings. The highest BCUT2D eigenvalue weighted by Crippen LogP contribution is 2.45. The number of fused-ring (bicyclic) bond motifs is 1. The van der Waals surface area contributed by atoms with Gasteiger partial charge in [0.1, 0.15) is 47.0 Å². The van der Waals surface area contributed by atoms with E-state index in [0.29, 0.717) is 38.9 Å². The number of likely N-dealkylation sites (tertiary alicyclic amines) is 1. The third-order valence-corrected chi connectivity index (χ3v) is 10.9. The maximum Gasteiger partial charge on any atom is 0.408 e. The van der Waals surface area contributed by atoms with Crippen LogP contribution in [-0.2, 0) is 23.9 Å². The van der Waals surface area contributed by atoms with E-state index in [1.165, 1.54) is 29.2 Å². The van der Waals surface area contributed by atoms with Crippen LogP contribution in [-0.4, -0.2) is 93.2 Å². The summed E-state index contributed by atoms with van der Waals surface area (Å²) >= 11 is 1.24. The number of hydrogen-bond acceptors (Lipinski definition) is 11. The van der Waals surface area contributed by atoms with Gasteiger partial charge in [-0.2, -0.15) is 0 Å². The van der Waals surface area contributed by atoms with E-state index in [9.17, 15) is 29.1 Å². The number of benzene rings is 1. The van der Waals surface area contributed by atoms with Gasteiger partial charge in [0, 0.05) is 42.2 Å². The molecule has 3 aliphatic rings.